The highest BCUT2D eigenvalue weighted by Gasteiger charge is 2.16. The normalized spacial score (nSPS) is 11.4. The molecule has 248 valence electrons. The number of hydrogen-bond acceptors (Lipinski definition) is 3. The van der Waals surface area contributed by atoms with Gasteiger partial charge in [-0.15, -0.1) is 0 Å². The van der Waals surface area contributed by atoms with E-state index in [1.807, 2.05) is 36.4 Å². The van der Waals surface area contributed by atoms with E-state index in [9.17, 15) is 0 Å². The maximum absolute atomic E-state index is 5.01. The predicted octanol–water partition coefficient (Wildman–Crippen LogP) is 12.5. The summed E-state index contributed by atoms with van der Waals surface area (Å²) in [7, 11) is 0. The molecular formula is C49H32N4. The van der Waals surface area contributed by atoms with E-state index in [0.717, 1.165) is 33.4 Å². The van der Waals surface area contributed by atoms with Gasteiger partial charge in [-0.2, -0.15) is 0 Å². The summed E-state index contributed by atoms with van der Waals surface area (Å²) in [5.41, 5.74) is 11.0. The Kier molecular flexibility index (Phi) is 7.43. The first-order valence-corrected chi connectivity index (χ1v) is 17.9. The van der Waals surface area contributed by atoms with Crippen LogP contribution in [0.5, 0.6) is 0 Å². The van der Waals surface area contributed by atoms with Crippen molar-refractivity contribution in [1.82, 2.24) is 19.5 Å². The molecule has 0 N–H and O–H groups in total. The van der Waals surface area contributed by atoms with E-state index in [4.69, 9.17) is 15.0 Å². The van der Waals surface area contributed by atoms with Crippen LogP contribution >= 0.6 is 0 Å². The lowest BCUT2D eigenvalue weighted by Gasteiger charge is -2.12. The summed E-state index contributed by atoms with van der Waals surface area (Å²) in [4.78, 5) is 14.9. The van der Waals surface area contributed by atoms with Gasteiger partial charge in [0.25, 0.3) is 0 Å². The number of para-hydroxylation sites is 1. The molecule has 53 heavy (non-hydrogen) atoms. The van der Waals surface area contributed by atoms with Gasteiger partial charge in [-0.3, -0.25) is 0 Å². The first-order chi connectivity index (χ1) is 26.3. The van der Waals surface area contributed by atoms with Crippen molar-refractivity contribution in [2.75, 3.05) is 0 Å². The van der Waals surface area contributed by atoms with Crippen molar-refractivity contribution in [2.24, 2.45) is 0 Å². The van der Waals surface area contributed by atoms with Crippen molar-refractivity contribution < 1.29 is 0 Å². The van der Waals surface area contributed by atoms with Crippen molar-refractivity contribution >= 4 is 32.6 Å². The Bertz CT molecular complexity index is 2910. The van der Waals surface area contributed by atoms with Crippen molar-refractivity contribution in [2.45, 2.75) is 0 Å². The summed E-state index contributed by atoms with van der Waals surface area (Å²) in [5, 5.41) is 4.93. The largest absolute Gasteiger partial charge is 0.309 e. The fourth-order valence-corrected chi connectivity index (χ4v) is 7.42. The van der Waals surface area contributed by atoms with Crippen molar-refractivity contribution in [3.05, 3.63) is 194 Å². The number of rotatable bonds is 6. The van der Waals surface area contributed by atoms with Gasteiger partial charge in [-0.1, -0.05) is 176 Å². The molecule has 0 saturated heterocycles. The second-order valence-corrected chi connectivity index (χ2v) is 13.3. The molecule has 0 aliphatic heterocycles. The quantitative estimate of drug-likeness (QED) is 0.176. The Balaban J connectivity index is 1.06. The van der Waals surface area contributed by atoms with Crippen LogP contribution in [-0.2, 0) is 0 Å². The molecule has 0 spiro atoms. The molecule has 8 aromatic carbocycles. The molecule has 0 atom stereocenters. The van der Waals surface area contributed by atoms with Gasteiger partial charge in [0, 0.05) is 32.8 Å². The molecule has 0 unspecified atom stereocenters. The van der Waals surface area contributed by atoms with Gasteiger partial charge in [0.1, 0.15) is 0 Å². The van der Waals surface area contributed by atoms with Crippen molar-refractivity contribution in [3.63, 3.8) is 0 Å². The van der Waals surface area contributed by atoms with Crippen LogP contribution < -0.4 is 0 Å². The number of nitrogens with zero attached hydrogens (tertiary/aromatic N) is 4. The van der Waals surface area contributed by atoms with E-state index >= 15 is 0 Å². The van der Waals surface area contributed by atoms with E-state index in [1.165, 1.54) is 43.8 Å². The summed E-state index contributed by atoms with van der Waals surface area (Å²) in [6.45, 7) is 0. The standard InChI is InChI=1S/C49H32N4/c1-3-12-33(13-4-1)34-22-26-38(27-23-34)48-50-47(37-15-5-2-6-16-37)51-49(52-48)39-28-24-35(25-29-39)40-30-31-43-42-19-9-10-20-45(42)53(46(43)32-40)44-21-11-17-36-14-7-8-18-41(36)44/h1-32H. The third kappa shape index (κ3) is 5.54. The highest BCUT2D eigenvalue weighted by atomic mass is 15.0. The Morgan fingerprint density at radius 1 is 0.283 bits per heavy atom. The molecule has 0 aliphatic carbocycles. The van der Waals surface area contributed by atoms with Crippen LogP contribution in [0.1, 0.15) is 0 Å². The average Bonchev–Trinajstić information content (AvgIpc) is 3.57. The van der Waals surface area contributed by atoms with Gasteiger partial charge < -0.3 is 4.57 Å². The van der Waals surface area contributed by atoms with E-state index < -0.39 is 0 Å². The first kappa shape index (κ1) is 30.6. The second-order valence-electron chi connectivity index (χ2n) is 13.3. The lowest BCUT2D eigenvalue weighted by Crippen LogP contribution is -2.00. The van der Waals surface area contributed by atoms with Crippen LogP contribution in [0.4, 0.5) is 0 Å². The Morgan fingerprint density at radius 3 is 1.38 bits per heavy atom. The summed E-state index contributed by atoms with van der Waals surface area (Å²) in [6, 6.07) is 68.2. The Labute approximate surface area is 307 Å². The van der Waals surface area contributed by atoms with Crippen LogP contribution in [0, 0.1) is 0 Å². The molecule has 10 aromatic rings. The van der Waals surface area contributed by atoms with Gasteiger partial charge in [-0.05, 0) is 45.8 Å². The Hall–Kier alpha value is -7.17. The van der Waals surface area contributed by atoms with Gasteiger partial charge in [0.2, 0.25) is 0 Å². The van der Waals surface area contributed by atoms with Crippen LogP contribution in [0.15, 0.2) is 194 Å². The van der Waals surface area contributed by atoms with E-state index in [2.05, 4.69) is 162 Å². The minimum Gasteiger partial charge on any atom is -0.309 e. The van der Waals surface area contributed by atoms with Gasteiger partial charge >= 0.3 is 0 Å². The number of fused-ring (bicyclic) bond motifs is 4. The number of benzene rings is 8. The van der Waals surface area contributed by atoms with Crippen molar-refractivity contribution in [3.8, 4) is 62.1 Å². The van der Waals surface area contributed by atoms with Crippen LogP contribution in [-0.4, -0.2) is 19.5 Å². The maximum Gasteiger partial charge on any atom is 0.164 e. The number of hydrogen-bond donors (Lipinski definition) is 0. The number of aromatic nitrogens is 4. The highest BCUT2D eigenvalue weighted by Crippen LogP contribution is 2.37. The molecule has 0 radical (unpaired) electrons. The monoisotopic (exact) mass is 676 g/mol. The molecule has 0 fully saturated rings. The molecule has 2 heterocycles. The van der Waals surface area contributed by atoms with Crippen molar-refractivity contribution in [1.29, 1.82) is 0 Å². The van der Waals surface area contributed by atoms with E-state index in [-0.39, 0.29) is 0 Å². The first-order valence-electron chi connectivity index (χ1n) is 17.9. The molecule has 10 rings (SSSR count). The topological polar surface area (TPSA) is 43.6 Å². The van der Waals surface area contributed by atoms with Gasteiger partial charge in [0.15, 0.2) is 17.5 Å². The molecule has 0 amide bonds. The molecule has 0 aliphatic rings. The zero-order valence-corrected chi connectivity index (χ0v) is 28.8. The molecule has 2 aromatic heterocycles. The summed E-state index contributed by atoms with van der Waals surface area (Å²) >= 11 is 0. The van der Waals surface area contributed by atoms with Crippen LogP contribution in [0.2, 0.25) is 0 Å². The minimum atomic E-state index is 0.638. The smallest absolute Gasteiger partial charge is 0.164 e. The molecule has 4 heteroatoms. The molecular weight excluding hydrogens is 645 g/mol. The third-order valence-corrected chi connectivity index (χ3v) is 10.1. The highest BCUT2D eigenvalue weighted by molar-refractivity contribution is 6.11. The average molecular weight is 677 g/mol. The van der Waals surface area contributed by atoms with Crippen LogP contribution in [0.25, 0.3) is 94.7 Å². The lowest BCUT2D eigenvalue weighted by molar-refractivity contribution is 1.07. The molecule has 0 bridgehead atoms. The van der Waals surface area contributed by atoms with E-state index in [0.29, 0.717) is 17.5 Å². The zero-order valence-electron chi connectivity index (χ0n) is 28.8. The van der Waals surface area contributed by atoms with Gasteiger partial charge in [-0.25, -0.2) is 15.0 Å². The lowest BCUT2D eigenvalue weighted by atomic mass is 10.0. The fourth-order valence-electron chi connectivity index (χ4n) is 7.42. The predicted molar refractivity (Wildman–Crippen MR) is 219 cm³/mol. The van der Waals surface area contributed by atoms with Crippen LogP contribution in [0.3, 0.4) is 0 Å². The summed E-state index contributed by atoms with van der Waals surface area (Å²) in [5.74, 6) is 1.93. The zero-order chi connectivity index (χ0) is 35.1. The third-order valence-electron chi connectivity index (χ3n) is 10.1. The molecule has 4 nitrogen and oxygen atoms in total. The fraction of sp³-hybridized carbons (Fsp3) is 0. The summed E-state index contributed by atoms with van der Waals surface area (Å²) < 4.78 is 2.41. The Morgan fingerprint density at radius 2 is 0.717 bits per heavy atom. The second kappa shape index (κ2) is 12.9. The minimum absolute atomic E-state index is 0.638. The summed E-state index contributed by atoms with van der Waals surface area (Å²) in [6.07, 6.45) is 0. The van der Waals surface area contributed by atoms with Gasteiger partial charge in [0.05, 0.1) is 16.7 Å². The molecule has 0 saturated carbocycles. The van der Waals surface area contributed by atoms with E-state index in [1.54, 1.807) is 0 Å². The SMILES string of the molecule is c1ccc(-c2ccc(-c3nc(-c4ccccc4)nc(-c4ccc(-c5ccc6c7ccccc7n(-c7cccc8ccccc78)c6c5)cc4)n3)cc2)cc1. The maximum atomic E-state index is 5.01.